The number of aliphatic imine (C=N–C) groups is 1. The molecule has 2 N–H and O–H groups in total. The Morgan fingerprint density at radius 1 is 1.03 bits per heavy atom. The Morgan fingerprint density at radius 3 is 2.46 bits per heavy atom. The van der Waals surface area contributed by atoms with Gasteiger partial charge in [-0.2, -0.15) is 0 Å². The van der Waals surface area contributed by atoms with Gasteiger partial charge in [-0.1, -0.05) is 48.5 Å². The molecule has 0 aliphatic carbocycles. The highest BCUT2D eigenvalue weighted by atomic mass is 32.2. The molecule has 1 fully saturated rings. The SMILES string of the molecule is CCOC(=O)c1ccc2c(C(=Nc3ccc(CN4CCS(=O)CC4)cc3)c3ccccc3)c(O)[nH]c2c1. The fraction of sp³-hybridized carbons (Fsp3) is 0.241. The summed E-state index contributed by atoms with van der Waals surface area (Å²) in [5.41, 5.74) is 5.03. The maximum atomic E-state index is 12.2. The minimum atomic E-state index is -0.685. The highest BCUT2D eigenvalue weighted by Crippen LogP contribution is 2.32. The van der Waals surface area contributed by atoms with E-state index in [-0.39, 0.29) is 5.88 Å². The third-order valence-electron chi connectivity index (χ3n) is 6.43. The third kappa shape index (κ3) is 5.65. The summed E-state index contributed by atoms with van der Waals surface area (Å²) in [4.78, 5) is 22.5. The molecule has 3 aromatic carbocycles. The lowest BCUT2D eigenvalue weighted by Crippen LogP contribution is -2.37. The second-order valence-corrected chi connectivity index (χ2v) is 10.6. The average Bonchev–Trinajstić information content (AvgIpc) is 3.25. The Morgan fingerprint density at radius 2 is 1.76 bits per heavy atom. The minimum absolute atomic E-state index is 0.0160. The lowest BCUT2D eigenvalue weighted by molar-refractivity contribution is 0.0526. The molecule has 0 bridgehead atoms. The molecule has 7 nitrogen and oxygen atoms in total. The van der Waals surface area contributed by atoms with Crippen molar-refractivity contribution >= 4 is 39.1 Å². The smallest absolute Gasteiger partial charge is 0.338 e. The van der Waals surface area contributed by atoms with Crippen molar-refractivity contribution in [3.63, 3.8) is 0 Å². The van der Waals surface area contributed by atoms with E-state index in [1.54, 1.807) is 25.1 Å². The quantitative estimate of drug-likeness (QED) is 0.273. The van der Waals surface area contributed by atoms with Crippen molar-refractivity contribution in [1.82, 2.24) is 9.88 Å². The standard InChI is InChI=1S/C29H29N3O4S/c1-2-36-29(34)22-10-13-24-25(18-22)31-28(33)26(24)27(21-6-4-3-5-7-21)30-23-11-8-20(9-12-23)19-32-14-16-37(35)17-15-32/h3-13,18,31,33H,2,14-17,19H2,1H3. The predicted octanol–water partition coefficient (Wildman–Crippen LogP) is 4.78. The zero-order chi connectivity index (χ0) is 25.8. The van der Waals surface area contributed by atoms with Gasteiger partial charge in [-0.15, -0.1) is 0 Å². The summed E-state index contributed by atoms with van der Waals surface area (Å²) in [6.07, 6.45) is 0. The van der Waals surface area contributed by atoms with Gasteiger partial charge in [0, 0.05) is 58.4 Å². The van der Waals surface area contributed by atoms with Gasteiger partial charge in [-0.05, 0) is 36.8 Å². The van der Waals surface area contributed by atoms with E-state index >= 15 is 0 Å². The van der Waals surface area contributed by atoms with Gasteiger partial charge in [0.15, 0.2) is 5.88 Å². The predicted molar refractivity (Wildman–Crippen MR) is 147 cm³/mol. The Labute approximate surface area is 218 Å². The van der Waals surface area contributed by atoms with Crippen LogP contribution in [0, 0.1) is 0 Å². The summed E-state index contributed by atoms with van der Waals surface area (Å²) < 4.78 is 16.7. The molecule has 1 saturated heterocycles. The summed E-state index contributed by atoms with van der Waals surface area (Å²) >= 11 is 0. The number of aromatic hydroxyl groups is 1. The van der Waals surface area contributed by atoms with E-state index < -0.39 is 16.8 Å². The molecule has 0 saturated carbocycles. The Balaban J connectivity index is 1.50. The number of H-pyrrole nitrogens is 1. The van der Waals surface area contributed by atoms with Gasteiger partial charge in [0.05, 0.1) is 29.1 Å². The Bertz CT molecular complexity index is 1450. The van der Waals surface area contributed by atoms with E-state index in [1.807, 2.05) is 42.5 Å². The number of nitrogens with one attached hydrogen (secondary N) is 1. The van der Waals surface area contributed by atoms with E-state index in [0.29, 0.717) is 29.0 Å². The third-order valence-corrected chi connectivity index (χ3v) is 7.70. The van der Waals surface area contributed by atoms with Crippen molar-refractivity contribution in [1.29, 1.82) is 0 Å². The zero-order valence-corrected chi connectivity index (χ0v) is 21.5. The molecule has 37 heavy (non-hydrogen) atoms. The van der Waals surface area contributed by atoms with Gasteiger partial charge < -0.3 is 14.8 Å². The lowest BCUT2D eigenvalue weighted by Gasteiger charge is -2.26. The number of rotatable bonds is 7. The summed E-state index contributed by atoms with van der Waals surface area (Å²) in [5, 5.41) is 11.7. The minimum Gasteiger partial charge on any atom is -0.494 e. The van der Waals surface area contributed by atoms with Crippen LogP contribution in [0.15, 0.2) is 77.8 Å². The number of ether oxygens (including phenoxy) is 1. The molecule has 0 spiro atoms. The van der Waals surface area contributed by atoms with E-state index in [0.717, 1.165) is 47.8 Å². The van der Waals surface area contributed by atoms with Gasteiger partial charge in [0.1, 0.15) is 0 Å². The topological polar surface area (TPSA) is 95.0 Å². The van der Waals surface area contributed by atoms with Crippen LogP contribution in [-0.4, -0.2) is 62.1 Å². The second kappa shape index (κ2) is 11.1. The number of aromatic nitrogens is 1. The summed E-state index contributed by atoms with van der Waals surface area (Å²) in [5.74, 6) is 1.05. The molecular weight excluding hydrogens is 486 g/mol. The number of esters is 1. The van der Waals surface area contributed by atoms with Gasteiger partial charge in [-0.3, -0.25) is 9.11 Å². The number of aromatic amines is 1. The van der Waals surface area contributed by atoms with Crippen molar-refractivity contribution in [2.24, 2.45) is 4.99 Å². The first kappa shape index (κ1) is 24.9. The first-order valence-electron chi connectivity index (χ1n) is 12.3. The molecule has 8 heteroatoms. The molecule has 1 aromatic heterocycles. The highest BCUT2D eigenvalue weighted by molar-refractivity contribution is 7.85. The Kier molecular flexibility index (Phi) is 7.48. The average molecular weight is 516 g/mol. The molecule has 190 valence electrons. The van der Waals surface area contributed by atoms with Gasteiger partial charge >= 0.3 is 5.97 Å². The fourth-order valence-electron chi connectivity index (χ4n) is 4.52. The van der Waals surface area contributed by atoms with Crippen LogP contribution in [0.4, 0.5) is 5.69 Å². The van der Waals surface area contributed by atoms with Gasteiger partial charge in [0.2, 0.25) is 0 Å². The van der Waals surface area contributed by atoms with Gasteiger partial charge in [-0.25, -0.2) is 9.79 Å². The van der Waals surface area contributed by atoms with Gasteiger partial charge in [0.25, 0.3) is 0 Å². The number of nitrogens with zero attached hydrogens (tertiary/aromatic N) is 2. The highest BCUT2D eigenvalue weighted by Gasteiger charge is 2.20. The fourth-order valence-corrected chi connectivity index (χ4v) is 5.65. The molecule has 1 aliphatic rings. The van der Waals surface area contributed by atoms with E-state index in [2.05, 4.69) is 22.0 Å². The zero-order valence-electron chi connectivity index (χ0n) is 20.6. The summed E-state index contributed by atoms with van der Waals surface area (Å²) in [7, 11) is -0.685. The van der Waals surface area contributed by atoms with Crippen LogP contribution in [0.25, 0.3) is 10.9 Å². The van der Waals surface area contributed by atoms with E-state index in [9.17, 15) is 14.1 Å². The van der Waals surface area contributed by atoms with Crippen LogP contribution >= 0.6 is 0 Å². The number of carbonyl (C=O) groups excluding carboxylic acids is 1. The number of hydrogen-bond donors (Lipinski definition) is 2. The largest absolute Gasteiger partial charge is 0.494 e. The van der Waals surface area contributed by atoms with Crippen LogP contribution in [0.5, 0.6) is 5.88 Å². The molecule has 0 atom stereocenters. The molecule has 0 amide bonds. The van der Waals surface area contributed by atoms with E-state index in [4.69, 9.17) is 9.73 Å². The van der Waals surface area contributed by atoms with Crippen LogP contribution in [0.2, 0.25) is 0 Å². The first-order valence-corrected chi connectivity index (χ1v) is 13.8. The molecule has 0 radical (unpaired) electrons. The van der Waals surface area contributed by atoms with Crippen LogP contribution in [-0.2, 0) is 22.1 Å². The van der Waals surface area contributed by atoms with Crippen molar-refractivity contribution in [3.8, 4) is 5.88 Å². The number of hydrogen-bond acceptors (Lipinski definition) is 6. The number of carbonyl (C=O) groups is 1. The second-order valence-electron chi connectivity index (χ2n) is 8.95. The van der Waals surface area contributed by atoms with Crippen molar-refractivity contribution < 1.29 is 18.8 Å². The van der Waals surface area contributed by atoms with Crippen LogP contribution < -0.4 is 0 Å². The van der Waals surface area contributed by atoms with Crippen molar-refractivity contribution in [2.45, 2.75) is 13.5 Å². The maximum absolute atomic E-state index is 12.2. The number of benzene rings is 3. The monoisotopic (exact) mass is 515 g/mol. The summed E-state index contributed by atoms with van der Waals surface area (Å²) in [6.45, 7) is 4.57. The molecular formula is C29H29N3O4S. The summed E-state index contributed by atoms with van der Waals surface area (Å²) in [6, 6.07) is 23.0. The molecule has 0 unspecified atom stereocenters. The number of fused-ring (bicyclic) bond motifs is 1. The molecule has 2 heterocycles. The molecule has 4 aromatic rings. The van der Waals surface area contributed by atoms with Crippen LogP contribution in [0.1, 0.15) is 34.0 Å². The molecule has 5 rings (SSSR count). The normalized spacial score (nSPS) is 15.2. The lowest BCUT2D eigenvalue weighted by atomic mass is 10.00. The molecule has 1 aliphatic heterocycles. The Hall–Kier alpha value is -3.75. The van der Waals surface area contributed by atoms with Crippen molar-refractivity contribution in [3.05, 3.63) is 95.1 Å². The van der Waals surface area contributed by atoms with E-state index in [1.165, 1.54) is 5.56 Å². The van der Waals surface area contributed by atoms with Crippen LogP contribution in [0.3, 0.4) is 0 Å². The first-order chi connectivity index (χ1) is 18.0. The van der Waals surface area contributed by atoms with Crippen molar-refractivity contribution in [2.75, 3.05) is 31.2 Å². The maximum Gasteiger partial charge on any atom is 0.338 e.